The maximum atomic E-state index is 9.75. The molecule has 0 fully saturated rings. The Bertz CT molecular complexity index is 543. The van der Waals surface area contributed by atoms with Crippen LogP contribution in [-0.4, -0.2) is 25.0 Å². The van der Waals surface area contributed by atoms with E-state index >= 15 is 0 Å². The molecule has 2 rings (SSSR count). The molecule has 6 nitrogen and oxygen atoms in total. The van der Waals surface area contributed by atoms with Crippen LogP contribution in [0.1, 0.15) is 19.7 Å². The van der Waals surface area contributed by atoms with Crippen LogP contribution < -0.4 is 5.73 Å². The van der Waals surface area contributed by atoms with Crippen LogP contribution >= 0.6 is 0 Å². The second kappa shape index (κ2) is 3.80. The highest BCUT2D eigenvalue weighted by Gasteiger charge is 2.10. The molecule has 2 aromatic heterocycles. The fourth-order valence-corrected chi connectivity index (χ4v) is 1.36. The van der Waals surface area contributed by atoms with Crippen molar-refractivity contribution in [1.29, 1.82) is 0 Å². The van der Waals surface area contributed by atoms with E-state index in [2.05, 4.69) is 19.9 Å². The van der Waals surface area contributed by atoms with Crippen LogP contribution in [0.4, 0.5) is 5.82 Å². The molecule has 84 valence electrons. The van der Waals surface area contributed by atoms with Gasteiger partial charge in [0.15, 0.2) is 23.0 Å². The number of hydrogen-bond acceptors (Lipinski definition) is 5. The maximum Gasteiger partial charge on any atom is 0.198 e. The number of anilines is 1. The number of rotatable bonds is 2. The minimum absolute atomic E-state index is 0.0200. The third kappa shape index (κ3) is 1.81. The first-order valence-corrected chi connectivity index (χ1v) is 4.95. The number of hydrogen-bond donors (Lipinski definition) is 3. The molecule has 0 aromatic carbocycles. The first-order valence-electron chi connectivity index (χ1n) is 4.95. The minimum Gasteiger partial charge on any atom is -0.504 e. The van der Waals surface area contributed by atoms with Gasteiger partial charge < -0.3 is 15.8 Å². The Morgan fingerprint density at radius 3 is 2.94 bits per heavy atom. The van der Waals surface area contributed by atoms with E-state index in [1.54, 1.807) is 6.08 Å². The largest absolute Gasteiger partial charge is 0.504 e. The summed E-state index contributed by atoms with van der Waals surface area (Å²) in [7, 11) is 0. The van der Waals surface area contributed by atoms with Crippen molar-refractivity contribution < 1.29 is 5.11 Å². The zero-order valence-corrected chi connectivity index (χ0v) is 9.10. The molecule has 6 heteroatoms. The lowest BCUT2D eigenvalue weighted by molar-refractivity contribution is 0.499. The number of fused-ring (bicyclic) bond motifs is 1. The molecule has 0 bridgehead atoms. The summed E-state index contributed by atoms with van der Waals surface area (Å²) in [6.07, 6.45) is 3.15. The number of allylic oxidation sites excluding steroid dienone is 1. The second-order valence-corrected chi connectivity index (χ2v) is 3.83. The summed E-state index contributed by atoms with van der Waals surface area (Å²) in [6, 6.07) is 0. The zero-order chi connectivity index (χ0) is 11.7. The highest BCUT2D eigenvalue weighted by molar-refractivity contribution is 5.82. The third-order valence-electron chi connectivity index (χ3n) is 2.03. The van der Waals surface area contributed by atoms with Gasteiger partial charge in [0.05, 0.1) is 6.33 Å². The van der Waals surface area contributed by atoms with Crippen molar-refractivity contribution in [2.24, 2.45) is 5.92 Å². The van der Waals surface area contributed by atoms with E-state index in [0.717, 1.165) is 0 Å². The molecule has 0 aliphatic rings. The molecular formula is C10H13N5O. The Morgan fingerprint density at radius 1 is 1.50 bits per heavy atom. The van der Waals surface area contributed by atoms with Crippen molar-refractivity contribution in [3.8, 4) is 0 Å². The summed E-state index contributed by atoms with van der Waals surface area (Å²) in [4.78, 5) is 14.9. The van der Waals surface area contributed by atoms with E-state index in [-0.39, 0.29) is 23.3 Å². The molecular weight excluding hydrogens is 206 g/mol. The Labute approximate surface area is 92.3 Å². The van der Waals surface area contributed by atoms with Gasteiger partial charge in [-0.3, -0.25) is 0 Å². The molecule has 0 atom stereocenters. The molecule has 16 heavy (non-hydrogen) atoms. The van der Waals surface area contributed by atoms with Crippen molar-refractivity contribution >= 4 is 22.7 Å². The second-order valence-electron chi connectivity index (χ2n) is 3.83. The quantitative estimate of drug-likeness (QED) is 0.664. The molecule has 0 spiro atoms. The predicted octanol–water partition coefficient (Wildman–Crippen LogP) is 1.49. The number of nitrogens with zero attached hydrogens (tertiary/aromatic N) is 3. The predicted molar refractivity (Wildman–Crippen MR) is 61.5 cm³/mol. The van der Waals surface area contributed by atoms with Crippen LogP contribution in [0.3, 0.4) is 0 Å². The van der Waals surface area contributed by atoms with Gasteiger partial charge in [-0.1, -0.05) is 13.8 Å². The smallest absolute Gasteiger partial charge is 0.198 e. The monoisotopic (exact) mass is 219 g/mol. The average molecular weight is 219 g/mol. The Morgan fingerprint density at radius 2 is 2.25 bits per heavy atom. The van der Waals surface area contributed by atoms with Crippen LogP contribution in [-0.2, 0) is 0 Å². The van der Waals surface area contributed by atoms with Crippen molar-refractivity contribution in [3.63, 3.8) is 0 Å². The zero-order valence-electron chi connectivity index (χ0n) is 9.10. The summed E-state index contributed by atoms with van der Waals surface area (Å²) in [5.74, 6) is 0.707. The lowest BCUT2D eigenvalue weighted by atomic mass is 10.2. The number of H-pyrrole nitrogens is 1. The van der Waals surface area contributed by atoms with Crippen LogP contribution in [0.2, 0.25) is 0 Å². The number of aliphatic hydroxyl groups is 1. The standard InChI is InChI=1S/C10H13N5O/c1-5(2)3-6(16)9-14-8(11)7-10(15-9)13-4-12-7/h3-5,16H,1-2H3,(H3,11,12,13,14,15)/b6-3-. The van der Waals surface area contributed by atoms with Crippen LogP contribution in [0.15, 0.2) is 12.4 Å². The van der Waals surface area contributed by atoms with Gasteiger partial charge in [0, 0.05) is 0 Å². The number of aliphatic hydroxyl groups excluding tert-OH is 1. The highest BCUT2D eigenvalue weighted by Crippen LogP contribution is 2.17. The molecule has 0 saturated carbocycles. The van der Waals surface area contributed by atoms with Crippen molar-refractivity contribution in [2.75, 3.05) is 5.73 Å². The van der Waals surface area contributed by atoms with Crippen molar-refractivity contribution in [2.45, 2.75) is 13.8 Å². The summed E-state index contributed by atoms with van der Waals surface area (Å²) < 4.78 is 0. The molecule has 4 N–H and O–H groups in total. The summed E-state index contributed by atoms with van der Waals surface area (Å²) in [6.45, 7) is 3.90. The first kappa shape index (κ1) is 10.4. The Hall–Kier alpha value is -2.11. The molecule has 0 unspecified atom stereocenters. The molecule has 2 aromatic rings. The van der Waals surface area contributed by atoms with E-state index in [0.29, 0.717) is 11.2 Å². The van der Waals surface area contributed by atoms with Crippen LogP contribution in [0, 0.1) is 5.92 Å². The van der Waals surface area contributed by atoms with Gasteiger partial charge in [0.1, 0.15) is 5.52 Å². The van der Waals surface area contributed by atoms with E-state index in [4.69, 9.17) is 5.73 Å². The molecule has 0 saturated heterocycles. The summed E-state index contributed by atoms with van der Waals surface area (Å²) in [5.41, 5.74) is 6.74. The fourth-order valence-electron chi connectivity index (χ4n) is 1.36. The number of nitrogen functional groups attached to an aromatic ring is 1. The van der Waals surface area contributed by atoms with Gasteiger partial charge in [0.2, 0.25) is 0 Å². The van der Waals surface area contributed by atoms with E-state index in [1.807, 2.05) is 13.8 Å². The normalized spacial score (nSPS) is 12.6. The van der Waals surface area contributed by atoms with E-state index in [9.17, 15) is 5.11 Å². The van der Waals surface area contributed by atoms with Gasteiger partial charge in [-0.15, -0.1) is 0 Å². The first-order chi connectivity index (χ1) is 7.58. The van der Waals surface area contributed by atoms with Crippen LogP contribution in [0.5, 0.6) is 0 Å². The number of aromatic nitrogens is 4. The molecule has 0 radical (unpaired) electrons. The van der Waals surface area contributed by atoms with Crippen molar-refractivity contribution in [1.82, 2.24) is 19.9 Å². The van der Waals surface area contributed by atoms with Gasteiger partial charge >= 0.3 is 0 Å². The molecule has 2 heterocycles. The summed E-state index contributed by atoms with van der Waals surface area (Å²) >= 11 is 0. The topological polar surface area (TPSA) is 101 Å². The number of nitrogens with two attached hydrogens (primary N) is 1. The average Bonchev–Trinajstić information content (AvgIpc) is 2.64. The number of aromatic amines is 1. The van der Waals surface area contributed by atoms with Gasteiger partial charge in [-0.05, 0) is 12.0 Å². The molecule has 0 aliphatic heterocycles. The maximum absolute atomic E-state index is 9.75. The van der Waals surface area contributed by atoms with Crippen molar-refractivity contribution in [3.05, 3.63) is 18.2 Å². The Balaban J connectivity index is 2.53. The molecule has 0 aliphatic carbocycles. The lowest BCUT2D eigenvalue weighted by Crippen LogP contribution is -2.01. The van der Waals surface area contributed by atoms with Crippen LogP contribution in [0.25, 0.3) is 16.9 Å². The Kier molecular flexibility index (Phi) is 2.47. The number of imidazole rings is 1. The van der Waals surface area contributed by atoms with E-state index in [1.165, 1.54) is 6.33 Å². The highest BCUT2D eigenvalue weighted by atomic mass is 16.3. The minimum atomic E-state index is 0.0200. The number of nitrogens with one attached hydrogen (secondary N) is 1. The van der Waals surface area contributed by atoms with E-state index < -0.39 is 0 Å². The van der Waals surface area contributed by atoms with Gasteiger partial charge in [-0.2, -0.15) is 0 Å². The fraction of sp³-hybridized carbons (Fsp3) is 0.300. The van der Waals surface area contributed by atoms with Gasteiger partial charge in [-0.25, -0.2) is 15.0 Å². The molecule has 0 amide bonds. The third-order valence-corrected chi connectivity index (χ3v) is 2.03. The summed E-state index contributed by atoms with van der Waals surface area (Å²) in [5, 5.41) is 9.75. The SMILES string of the molecule is CC(C)/C=C(\O)c1nc(N)c2[nH]cnc2n1. The van der Waals surface area contributed by atoms with Gasteiger partial charge in [0.25, 0.3) is 0 Å². The lowest BCUT2D eigenvalue weighted by Gasteiger charge is -2.02.